The molecule has 4 rings (SSSR count). The molecule has 0 atom stereocenters. The number of anilines is 1. The lowest BCUT2D eigenvalue weighted by Gasteiger charge is -2.14. The van der Waals surface area contributed by atoms with Crippen LogP contribution in [0.4, 0.5) is 5.69 Å². The first-order valence-electron chi connectivity index (χ1n) is 8.62. The number of carbonyl (C=O) groups is 1. The monoisotopic (exact) mass is 390 g/mol. The number of carbonyl (C=O) groups excluding carboxylic acids is 1. The molecule has 2 heterocycles. The summed E-state index contributed by atoms with van der Waals surface area (Å²) in [6.45, 7) is 4.18. The number of aromatic nitrogens is 1. The van der Waals surface area contributed by atoms with E-state index in [-0.39, 0.29) is 5.91 Å². The first-order chi connectivity index (χ1) is 13.0. The molecule has 1 aliphatic heterocycles. The summed E-state index contributed by atoms with van der Waals surface area (Å²) in [5.41, 5.74) is 5.28. The van der Waals surface area contributed by atoms with Gasteiger partial charge in [0.15, 0.2) is 4.32 Å². The molecule has 0 bridgehead atoms. The number of nitrogens with zero attached hydrogens (tertiary/aromatic N) is 2. The second kappa shape index (κ2) is 7.18. The molecule has 1 fully saturated rings. The van der Waals surface area contributed by atoms with Crippen molar-refractivity contribution >= 4 is 46.0 Å². The highest BCUT2D eigenvalue weighted by Gasteiger charge is 2.33. The van der Waals surface area contributed by atoms with E-state index in [9.17, 15) is 4.79 Å². The van der Waals surface area contributed by atoms with Gasteiger partial charge in [0.25, 0.3) is 5.91 Å². The van der Waals surface area contributed by atoms with Crippen LogP contribution >= 0.6 is 24.0 Å². The van der Waals surface area contributed by atoms with Gasteiger partial charge in [0.05, 0.1) is 10.6 Å². The molecule has 5 heteroatoms. The fourth-order valence-electron chi connectivity index (χ4n) is 3.21. The van der Waals surface area contributed by atoms with Crippen molar-refractivity contribution in [3.8, 4) is 5.69 Å². The Balaban J connectivity index is 1.71. The van der Waals surface area contributed by atoms with Crippen LogP contribution in [0.1, 0.15) is 16.8 Å². The standard InChI is InChI=1S/C22H18N2OS2/c1-15-10-11-19(16(2)13-15)23-12-6-9-18(23)14-20-21(25)24(22(26)27-20)17-7-4-3-5-8-17/h3-14H,1-2H3/b20-14+. The molecule has 0 saturated carbocycles. The van der Waals surface area contributed by atoms with E-state index in [1.54, 1.807) is 4.90 Å². The molecule has 1 aliphatic rings. The van der Waals surface area contributed by atoms with E-state index in [2.05, 4.69) is 36.6 Å². The maximum absolute atomic E-state index is 12.9. The minimum Gasteiger partial charge on any atom is -0.317 e. The first kappa shape index (κ1) is 17.8. The van der Waals surface area contributed by atoms with Crippen molar-refractivity contribution in [3.05, 3.63) is 88.6 Å². The predicted molar refractivity (Wildman–Crippen MR) is 117 cm³/mol. The fraction of sp³-hybridized carbons (Fsp3) is 0.0909. The van der Waals surface area contributed by atoms with Crippen molar-refractivity contribution in [1.82, 2.24) is 4.57 Å². The molecule has 0 unspecified atom stereocenters. The third-order valence-electron chi connectivity index (χ3n) is 4.48. The van der Waals surface area contributed by atoms with Crippen LogP contribution in [0.5, 0.6) is 0 Å². The highest BCUT2D eigenvalue weighted by Crippen LogP contribution is 2.36. The molecule has 27 heavy (non-hydrogen) atoms. The fourth-order valence-corrected chi connectivity index (χ4v) is 4.49. The largest absolute Gasteiger partial charge is 0.317 e. The van der Waals surface area contributed by atoms with Crippen LogP contribution in [0.3, 0.4) is 0 Å². The second-order valence-corrected chi connectivity index (χ2v) is 8.12. The van der Waals surface area contributed by atoms with E-state index >= 15 is 0 Å². The molecule has 0 aliphatic carbocycles. The van der Waals surface area contributed by atoms with Crippen LogP contribution in [-0.2, 0) is 4.79 Å². The Morgan fingerprint density at radius 2 is 1.78 bits per heavy atom. The quantitative estimate of drug-likeness (QED) is 0.436. The molecule has 3 nitrogen and oxygen atoms in total. The summed E-state index contributed by atoms with van der Waals surface area (Å²) >= 11 is 6.80. The molecular formula is C22H18N2OS2. The van der Waals surface area contributed by atoms with E-state index in [1.807, 2.05) is 54.7 Å². The van der Waals surface area contributed by atoms with Crippen LogP contribution in [0.2, 0.25) is 0 Å². The molecule has 1 saturated heterocycles. The minimum absolute atomic E-state index is 0.0791. The van der Waals surface area contributed by atoms with Gasteiger partial charge in [-0.2, -0.15) is 0 Å². The van der Waals surface area contributed by atoms with E-state index in [4.69, 9.17) is 12.2 Å². The molecule has 1 amide bonds. The Morgan fingerprint density at radius 3 is 2.52 bits per heavy atom. The summed E-state index contributed by atoms with van der Waals surface area (Å²) in [5, 5.41) is 0. The molecule has 134 valence electrons. The Kier molecular flexibility index (Phi) is 4.72. The second-order valence-electron chi connectivity index (χ2n) is 6.45. The van der Waals surface area contributed by atoms with Gasteiger partial charge >= 0.3 is 0 Å². The molecule has 1 aromatic heterocycles. The van der Waals surface area contributed by atoms with Gasteiger partial charge in [0.1, 0.15) is 0 Å². The normalized spacial score (nSPS) is 15.8. The van der Waals surface area contributed by atoms with Crippen LogP contribution in [-0.4, -0.2) is 14.8 Å². The zero-order chi connectivity index (χ0) is 19.0. The number of benzene rings is 2. The summed E-state index contributed by atoms with van der Waals surface area (Å²) in [5.74, 6) is -0.0791. The van der Waals surface area contributed by atoms with Gasteiger partial charge in [-0.3, -0.25) is 9.69 Å². The molecule has 0 radical (unpaired) electrons. The summed E-state index contributed by atoms with van der Waals surface area (Å²) in [6, 6.07) is 19.9. The number of aryl methyl sites for hydroxylation is 2. The number of thiocarbonyl (C=S) groups is 1. The summed E-state index contributed by atoms with van der Waals surface area (Å²) < 4.78 is 2.66. The molecule has 0 N–H and O–H groups in total. The van der Waals surface area contributed by atoms with Crippen LogP contribution < -0.4 is 4.90 Å². The van der Waals surface area contributed by atoms with Crippen LogP contribution in [0.15, 0.2) is 71.8 Å². The van der Waals surface area contributed by atoms with Gasteiger partial charge in [0, 0.05) is 17.6 Å². The maximum Gasteiger partial charge on any atom is 0.270 e. The minimum atomic E-state index is -0.0791. The van der Waals surface area contributed by atoms with Crippen LogP contribution in [0, 0.1) is 13.8 Å². The van der Waals surface area contributed by atoms with Crippen molar-refractivity contribution in [3.63, 3.8) is 0 Å². The van der Waals surface area contributed by atoms with Crippen molar-refractivity contribution in [2.45, 2.75) is 13.8 Å². The molecule has 3 aromatic rings. The number of amides is 1. The third-order valence-corrected chi connectivity index (χ3v) is 5.78. The van der Waals surface area contributed by atoms with Gasteiger partial charge in [0.2, 0.25) is 0 Å². The Morgan fingerprint density at radius 1 is 1.00 bits per heavy atom. The highest BCUT2D eigenvalue weighted by molar-refractivity contribution is 8.27. The van der Waals surface area contributed by atoms with E-state index in [0.29, 0.717) is 9.23 Å². The molecule has 2 aromatic carbocycles. The average Bonchev–Trinajstić information content (AvgIpc) is 3.20. The van der Waals surface area contributed by atoms with Crippen molar-refractivity contribution < 1.29 is 4.79 Å². The SMILES string of the molecule is Cc1ccc(-n2cccc2/C=C2/SC(=S)N(c3ccccc3)C2=O)c(C)c1. The van der Waals surface area contributed by atoms with Gasteiger partial charge in [-0.1, -0.05) is 59.9 Å². The van der Waals surface area contributed by atoms with Gasteiger partial charge in [-0.05, 0) is 55.8 Å². The topological polar surface area (TPSA) is 25.2 Å². The van der Waals surface area contributed by atoms with E-state index in [0.717, 1.165) is 17.1 Å². The average molecular weight is 391 g/mol. The molecular weight excluding hydrogens is 372 g/mol. The highest BCUT2D eigenvalue weighted by atomic mass is 32.2. The van der Waals surface area contributed by atoms with Crippen molar-refractivity contribution in [2.24, 2.45) is 0 Å². The molecule has 0 spiro atoms. The summed E-state index contributed by atoms with van der Waals surface area (Å²) in [6.07, 6.45) is 3.93. The van der Waals surface area contributed by atoms with Gasteiger partial charge in [-0.25, -0.2) is 0 Å². The number of para-hydroxylation sites is 1. The first-order valence-corrected chi connectivity index (χ1v) is 9.85. The zero-order valence-electron chi connectivity index (χ0n) is 15.0. The number of hydrogen-bond acceptors (Lipinski definition) is 3. The smallest absolute Gasteiger partial charge is 0.270 e. The van der Waals surface area contributed by atoms with Crippen molar-refractivity contribution in [2.75, 3.05) is 4.90 Å². The number of rotatable bonds is 3. The number of hydrogen-bond donors (Lipinski definition) is 0. The Bertz CT molecular complexity index is 1070. The van der Waals surface area contributed by atoms with Crippen molar-refractivity contribution in [1.29, 1.82) is 0 Å². The predicted octanol–water partition coefficient (Wildman–Crippen LogP) is 5.50. The Labute approximate surface area is 168 Å². The zero-order valence-corrected chi connectivity index (χ0v) is 16.7. The van der Waals surface area contributed by atoms with Crippen LogP contribution in [0.25, 0.3) is 11.8 Å². The lowest BCUT2D eigenvalue weighted by Crippen LogP contribution is -2.27. The lowest BCUT2D eigenvalue weighted by molar-refractivity contribution is -0.113. The Hall–Kier alpha value is -2.63. The van der Waals surface area contributed by atoms with E-state index in [1.165, 1.54) is 22.9 Å². The van der Waals surface area contributed by atoms with E-state index < -0.39 is 0 Å². The van der Waals surface area contributed by atoms with Gasteiger partial charge in [-0.15, -0.1) is 0 Å². The summed E-state index contributed by atoms with van der Waals surface area (Å²) in [4.78, 5) is 15.2. The number of thioether (sulfide) groups is 1. The summed E-state index contributed by atoms with van der Waals surface area (Å²) in [7, 11) is 0. The lowest BCUT2D eigenvalue weighted by atomic mass is 10.1. The van der Waals surface area contributed by atoms with Gasteiger partial charge < -0.3 is 4.57 Å². The third kappa shape index (κ3) is 3.36. The maximum atomic E-state index is 12.9.